The fourth-order valence-corrected chi connectivity index (χ4v) is 3.85. The maximum Gasteiger partial charge on any atom is 0.291 e. The molecule has 4 rings (SSSR count). The number of hydrogen-bond donors (Lipinski definition) is 0. The Labute approximate surface area is 176 Å². The molecule has 0 amide bonds. The molecule has 0 atom stereocenters. The van der Waals surface area contributed by atoms with E-state index in [1.807, 2.05) is 30.3 Å². The maximum atomic E-state index is 12.9. The van der Waals surface area contributed by atoms with Crippen LogP contribution >= 0.6 is 11.3 Å². The lowest BCUT2D eigenvalue weighted by molar-refractivity contribution is 0.355. The summed E-state index contributed by atoms with van der Waals surface area (Å²) in [5.41, 5.74) is 1.31. The van der Waals surface area contributed by atoms with Gasteiger partial charge in [-0.3, -0.25) is 4.79 Å². The average Bonchev–Trinajstić information content (AvgIpc) is 3.32. The van der Waals surface area contributed by atoms with E-state index in [0.717, 1.165) is 11.1 Å². The summed E-state index contributed by atoms with van der Waals surface area (Å²) in [5, 5.41) is 4.39. The van der Waals surface area contributed by atoms with Gasteiger partial charge in [0.1, 0.15) is 12.4 Å². The number of benzene rings is 2. The second-order valence-corrected chi connectivity index (χ2v) is 7.26. The van der Waals surface area contributed by atoms with Crippen molar-refractivity contribution >= 4 is 22.4 Å². The molecule has 0 aliphatic heterocycles. The molecule has 0 saturated heterocycles. The quantitative estimate of drug-likeness (QED) is 0.427. The highest BCUT2D eigenvalue weighted by Crippen LogP contribution is 2.31. The van der Waals surface area contributed by atoms with Gasteiger partial charge in [0, 0.05) is 11.1 Å². The number of nitrogens with zero attached hydrogens (tertiary/aromatic N) is 3. The van der Waals surface area contributed by atoms with Crippen molar-refractivity contribution in [2.75, 3.05) is 20.8 Å². The van der Waals surface area contributed by atoms with Crippen LogP contribution in [-0.4, -0.2) is 35.4 Å². The van der Waals surface area contributed by atoms with E-state index in [4.69, 9.17) is 14.2 Å². The molecule has 30 heavy (non-hydrogen) atoms. The molecular formula is C22H19N3O4S. The van der Waals surface area contributed by atoms with E-state index < -0.39 is 0 Å². The topological polar surface area (TPSA) is 74.9 Å². The van der Waals surface area contributed by atoms with Gasteiger partial charge in [-0.15, -0.1) is 5.10 Å². The summed E-state index contributed by atoms with van der Waals surface area (Å²) < 4.78 is 18.1. The highest BCUT2D eigenvalue weighted by molar-refractivity contribution is 7.15. The van der Waals surface area contributed by atoms with Crippen LogP contribution in [0.25, 0.3) is 22.4 Å². The van der Waals surface area contributed by atoms with Gasteiger partial charge < -0.3 is 14.2 Å². The Hall–Kier alpha value is -3.65. The lowest BCUT2D eigenvalue weighted by atomic mass is 10.2. The molecule has 0 fully saturated rings. The van der Waals surface area contributed by atoms with Crippen LogP contribution in [-0.2, 0) is 0 Å². The van der Waals surface area contributed by atoms with Crippen molar-refractivity contribution in [3.05, 3.63) is 75.6 Å². The molecule has 0 bridgehead atoms. The normalized spacial score (nSPS) is 11.6. The number of thiazole rings is 1. The van der Waals surface area contributed by atoms with Crippen LogP contribution < -0.4 is 24.3 Å². The van der Waals surface area contributed by atoms with Gasteiger partial charge in [0.05, 0.1) is 18.8 Å². The molecule has 2 aromatic carbocycles. The van der Waals surface area contributed by atoms with Crippen molar-refractivity contribution in [3.8, 4) is 28.6 Å². The largest absolute Gasteiger partial charge is 0.493 e. The Morgan fingerprint density at radius 1 is 1.10 bits per heavy atom. The van der Waals surface area contributed by atoms with Crippen LogP contribution in [0.3, 0.4) is 0 Å². The molecule has 7 nitrogen and oxygen atoms in total. The second kappa shape index (κ2) is 8.38. The van der Waals surface area contributed by atoms with Crippen LogP contribution in [0.15, 0.2) is 59.9 Å². The van der Waals surface area contributed by atoms with Crippen molar-refractivity contribution in [2.45, 2.75) is 0 Å². The zero-order chi connectivity index (χ0) is 21.1. The van der Waals surface area contributed by atoms with E-state index in [9.17, 15) is 4.79 Å². The lowest BCUT2D eigenvalue weighted by Gasteiger charge is -2.07. The third-order valence-electron chi connectivity index (χ3n) is 4.39. The summed E-state index contributed by atoms with van der Waals surface area (Å²) in [6, 6.07) is 12.9. The minimum atomic E-state index is -0.229. The zero-order valence-electron chi connectivity index (χ0n) is 16.5. The first-order chi connectivity index (χ1) is 14.6. The predicted molar refractivity (Wildman–Crippen MR) is 117 cm³/mol. The molecule has 2 heterocycles. The number of fused-ring (bicyclic) bond motifs is 1. The van der Waals surface area contributed by atoms with Gasteiger partial charge in [-0.05, 0) is 30.3 Å². The first kappa shape index (κ1) is 19.7. The molecular weight excluding hydrogens is 402 g/mol. The van der Waals surface area contributed by atoms with Crippen LogP contribution in [0.1, 0.15) is 5.56 Å². The van der Waals surface area contributed by atoms with Crippen LogP contribution in [0.2, 0.25) is 0 Å². The Balaban J connectivity index is 1.75. The number of methoxy groups -OCH3 is 2. The summed E-state index contributed by atoms with van der Waals surface area (Å²) >= 11 is 1.27. The molecule has 0 unspecified atom stereocenters. The summed E-state index contributed by atoms with van der Waals surface area (Å²) in [7, 11) is 3.14. The first-order valence-corrected chi connectivity index (χ1v) is 9.92. The van der Waals surface area contributed by atoms with Crippen LogP contribution in [0.4, 0.5) is 0 Å². The molecule has 0 N–H and O–H groups in total. The van der Waals surface area contributed by atoms with E-state index in [1.54, 1.807) is 38.5 Å². The van der Waals surface area contributed by atoms with Crippen molar-refractivity contribution in [1.82, 2.24) is 14.6 Å². The van der Waals surface area contributed by atoms with Crippen LogP contribution in [0, 0.1) is 0 Å². The Bertz CT molecular complexity index is 1330. The average molecular weight is 421 g/mol. The summed E-state index contributed by atoms with van der Waals surface area (Å²) in [6.07, 6.45) is 3.46. The Morgan fingerprint density at radius 3 is 2.63 bits per heavy atom. The Morgan fingerprint density at radius 2 is 1.90 bits per heavy atom. The summed E-state index contributed by atoms with van der Waals surface area (Å²) in [6.45, 7) is 4.05. The van der Waals surface area contributed by atoms with Crippen molar-refractivity contribution in [3.63, 3.8) is 0 Å². The predicted octanol–water partition coefficient (Wildman–Crippen LogP) is 2.95. The first-order valence-electron chi connectivity index (χ1n) is 9.11. The van der Waals surface area contributed by atoms with E-state index in [1.165, 1.54) is 15.9 Å². The molecule has 4 aromatic rings. The molecule has 152 valence electrons. The third kappa shape index (κ3) is 3.65. The molecule has 0 aliphatic carbocycles. The minimum Gasteiger partial charge on any atom is -0.493 e. The number of ether oxygens (including phenoxy) is 3. The van der Waals surface area contributed by atoms with Crippen molar-refractivity contribution < 1.29 is 14.2 Å². The van der Waals surface area contributed by atoms with Crippen molar-refractivity contribution in [2.24, 2.45) is 0 Å². The second-order valence-electron chi connectivity index (χ2n) is 6.25. The Kier molecular flexibility index (Phi) is 5.49. The number of para-hydroxylation sites is 1. The van der Waals surface area contributed by atoms with Gasteiger partial charge in [0.25, 0.3) is 5.56 Å². The number of aromatic nitrogens is 3. The summed E-state index contributed by atoms with van der Waals surface area (Å²) in [4.78, 5) is 17.9. The zero-order valence-corrected chi connectivity index (χ0v) is 17.3. The smallest absolute Gasteiger partial charge is 0.291 e. The lowest BCUT2D eigenvalue weighted by Crippen LogP contribution is -2.23. The number of rotatable bonds is 7. The van der Waals surface area contributed by atoms with Gasteiger partial charge in [-0.2, -0.15) is 9.50 Å². The molecule has 0 saturated carbocycles. The third-order valence-corrected chi connectivity index (χ3v) is 5.35. The monoisotopic (exact) mass is 421 g/mol. The van der Waals surface area contributed by atoms with E-state index in [0.29, 0.717) is 39.2 Å². The van der Waals surface area contributed by atoms with Gasteiger partial charge in [0.2, 0.25) is 4.96 Å². The van der Waals surface area contributed by atoms with Crippen molar-refractivity contribution in [1.29, 1.82) is 0 Å². The maximum absolute atomic E-state index is 12.9. The van der Waals surface area contributed by atoms with Crippen LogP contribution in [0.5, 0.6) is 17.2 Å². The highest BCUT2D eigenvalue weighted by Gasteiger charge is 2.14. The number of hydrogen-bond acceptors (Lipinski definition) is 7. The SMILES string of the molecule is C=CCOc1ccccc1/C=c1\sc2nc(-c3ccc(OC)c(OC)c3)nn2c1=O. The highest BCUT2D eigenvalue weighted by atomic mass is 32.1. The molecule has 0 aliphatic rings. The fraction of sp³-hybridized carbons (Fsp3) is 0.136. The molecule has 0 spiro atoms. The molecule has 8 heteroatoms. The molecule has 2 aromatic heterocycles. The standard InChI is InChI=1S/C22H19N3O4S/c1-4-11-29-16-8-6-5-7-14(16)13-19-21(26)25-22(30-19)23-20(24-25)15-9-10-17(27-2)18(12-15)28-3/h4-10,12-13H,1,11H2,2-3H3/b19-13-. The molecule has 0 radical (unpaired) electrons. The summed E-state index contributed by atoms with van der Waals surface area (Å²) in [5.74, 6) is 2.31. The van der Waals surface area contributed by atoms with Gasteiger partial charge in [-0.25, -0.2) is 0 Å². The fourth-order valence-electron chi connectivity index (χ4n) is 2.95. The van der Waals surface area contributed by atoms with E-state index >= 15 is 0 Å². The van der Waals surface area contributed by atoms with E-state index in [-0.39, 0.29) is 5.56 Å². The van der Waals surface area contributed by atoms with Gasteiger partial charge in [0.15, 0.2) is 17.3 Å². The van der Waals surface area contributed by atoms with Gasteiger partial charge >= 0.3 is 0 Å². The minimum absolute atomic E-state index is 0.229. The van der Waals surface area contributed by atoms with E-state index in [2.05, 4.69) is 16.7 Å². The van der Waals surface area contributed by atoms with Gasteiger partial charge in [-0.1, -0.05) is 42.2 Å².